The van der Waals surface area contributed by atoms with Crippen LogP contribution in [0.5, 0.6) is 17.2 Å². The molecule has 7 heteroatoms. The van der Waals surface area contributed by atoms with Crippen molar-refractivity contribution in [2.24, 2.45) is 5.10 Å². The number of halogens is 1. The second-order valence-electron chi connectivity index (χ2n) is 4.28. The molecule has 0 saturated carbocycles. The fourth-order valence-corrected chi connectivity index (χ4v) is 1.64. The van der Waals surface area contributed by atoms with Crippen molar-refractivity contribution in [3.05, 3.63) is 53.1 Å². The number of nitrogens with one attached hydrogen (secondary N) is 1. The largest absolute Gasteiger partial charge is 0.504 e. The van der Waals surface area contributed by atoms with Gasteiger partial charge < -0.3 is 14.9 Å². The molecule has 1 amide bonds. The monoisotopic (exact) mass is 320 g/mol. The first-order valence-corrected chi connectivity index (χ1v) is 6.64. The number of carbonyl (C=O) groups excluding carboxylic acids is 1. The van der Waals surface area contributed by atoms with Crippen molar-refractivity contribution < 1.29 is 19.7 Å². The van der Waals surface area contributed by atoms with Gasteiger partial charge in [0.2, 0.25) is 0 Å². The van der Waals surface area contributed by atoms with Gasteiger partial charge in [-0.05, 0) is 48.0 Å². The average Bonchev–Trinajstić information content (AvgIpc) is 2.50. The van der Waals surface area contributed by atoms with Gasteiger partial charge in [0.15, 0.2) is 18.1 Å². The van der Waals surface area contributed by atoms with Crippen molar-refractivity contribution in [2.45, 2.75) is 0 Å². The Morgan fingerprint density at radius 2 is 1.91 bits per heavy atom. The first kappa shape index (κ1) is 15.7. The zero-order valence-corrected chi connectivity index (χ0v) is 12.1. The summed E-state index contributed by atoms with van der Waals surface area (Å²) in [5, 5.41) is 22.8. The average molecular weight is 321 g/mol. The summed E-state index contributed by atoms with van der Waals surface area (Å²) in [5.41, 5.74) is 2.80. The van der Waals surface area contributed by atoms with Crippen LogP contribution in [-0.2, 0) is 4.79 Å². The first-order chi connectivity index (χ1) is 10.5. The van der Waals surface area contributed by atoms with Crippen LogP contribution in [0.1, 0.15) is 5.56 Å². The summed E-state index contributed by atoms with van der Waals surface area (Å²) in [6.07, 6.45) is 1.33. The van der Waals surface area contributed by atoms with E-state index < -0.39 is 5.91 Å². The highest BCUT2D eigenvalue weighted by molar-refractivity contribution is 6.30. The quantitative estimate of drug-likeness (QED) is 0.448. The minimum Gasteiger partial charge on any atom is -0.504 e. The molecule has 0 saturated heterocycles. The van der Waals surface area contributed by atoms with Gasteiger partial charge >= 0.3 is 0 Å². The van der Waals surface area contributed by atoms with Crippen molar-refractivity contribution in [3.63, 3.8) is 0 Å². The molecule has 0 spiro atoms. The van der Waals surface area contributed by atoms with Crippen LogP contribution in [0.15, 0.2) is 47.6 Å². The molecule has 0 aromatic heterocycles. The molecule has 0 bridgehead atoms. The smallest absolute Gasteiger partial charge is 0.277 e. The second-order valence-corrected chi connectivity index (χ2v) is 4.72. The molecule has 2 aromatic carbocycles. The lowest BCUT2D eigenvalue weighted by Crippen LogP contribution is -2.24. The standard InChI is InChI=1S/C15H13ClN2O4/c16-11-2-4-12(5-3-11)22-9-15(21)18-17-8-10-1-6-13(19)14(20)7-10/h1-8,19-20H,9H2,(H,18,21)/b17-8-. The van der Waals surface area contributed by atoms with Gasteiger partial charge in [0.05, 0.1) is 6.21 Å². The maximum atomic E-state index is 11.5. The molecule has 114 valence electrons. The van der Waals surface area contributed by atoms with Crippen LogP contribution >= 0.6 is 11.6 Å². The molecule has 0 aliphatic rings. The van der Waals surface area contributed by atoms with E-state index in [9.17, 15) is 9.90 Å². The van der Waals surface area contributed by atoms with Crippen molar-refractivity contribution >= 4 is 23.7 Å². The third kappa shape index (κ3) is 4.68. The van der Waals surface area contributed by atoms with Crippen molar-refractivity contribution in [2.75, 3.05) is 6.61 Å². The number of hydrazone groups is 1. The van der Waals surface area contributed by atoms with E-state index in [-0.39, 0.29) is 18.1 Å². The highest BCUT2D eigenvalue weighted by atomic mass is 35.5. The first-order valence-electron chi connectivity index (χ1n) is 6.27. The predicted octanol–water partition coefficient (Wildman–Crippen LogP) is 2.28. The van der Waals surface area contributed by atoms with E-state index in [1.807, 2.05) is 0 Å². The Kier molecular flexibility index (Phi) is 5.21. The Morgan fingerprint density at radius 3 is 2.59 bits per heavy atom. The molecule has 0 aliphatic heterocycles. The molecule has 3 N–H and O–H groups in total. The Labute approximate surface area is 131 Å². The number of aromatic hydroxyl groups is 2. The Bertz CT molecular complexity index is 686. The lowest BCUT2D eigenvalue weighted by atomic mass is 10.2. The number of ether oxygens (including phenoxy) is 1. The van der Waals surface area contributed by atoms with Crippen molar-refractivity contribution in [1.82, 2.24) is 5.43 Å². The molecular formula is C15H13ClN2O4. The summed E-state index contributed by atoms with van der Waals surface area (Å²) < 4.78 is 5.24. The number of carbonyl (C=O) groups is 1. The van der Waals surface area contributed by atoms with Crippen LogP contribution in [0.25, 0.3) is 0 Å². The van der Waals surface area contributed by atoms with Gasteiger partial charge in [-0.15, -0.1) is 0 Å². The molecule has 0 fully saturated rings. The topological polar surface area (TPSA) is 91.2 Å². The van der Waals surface area contributed by atoms with Crippen molar-refractivity contribution in [3.8, 4) is 17.2 Å². The number of benzene rings is 2. The normalized spacial score (nSPS) is 10.6. The maximum Gasteiger partial charge on any atom is 0.277 e. The van der Waals surface area contributed by atoms with Crippen LogP contribution in [0.4, 0.5) is 0 Å². The highest BCUT2D eigenvalue weighted by Gasteiger charge is 2.02. The summed E-state index contributed by atoms with van der Waals surface area (Å²) >= 11 is 5.73. The molecule has 0 atom stereocenters. The predicted molar refractivity (Wildman–Crippen MR) is 82.5 cm³/mol. The van der Waals surface area contributed by atoms with Gasteiger partial charge in [-0.3, -0.25) is 4.79 Å². The molecule has 6 nitrogen and oxygen atoms in total. The summed E-state index contributed by atoms with van der Waals surface area (Å²) in [6, 6.07) is 10.8. The lowest BCUT2D eigenvalue weighted by molar-refractivity contribution is -0.123. The Morgan fingerprint density at radius 1 is 1.18 bits per heavy atom. The van der Waals surface area contributed by atoms with E-state index in [4.69, 9.17) is 21.4 Å². The van der Waals surface area contributed by atoms with Crippen molar-refractivity contribution in [1.29, 1.82) is 0 Å². The highest BCUT2D eigenvalue weighted by Crippen LogP contribution is 2.23. The maximum absolute atomic E-state index is 11.5. The fraction of sp³-hybridized carbons (Fsp3) is 0.0667. The number of amides is 1. The number of rotatable bonds is 5. The van der Waals surface area contributed by atoms with Crippen LogP contribution in [0, 0.1) is 0 Å². The summed E-state index contributed by atoms with van der Waals surface area (Å²) in [4.78, 5) is 11.5. The zero-order valence-electron chi connectivity index (χ0n) is 11.4. The molecule has 22 heavy (non-hydrogen) atoms. The van der Waals surface area contributed by atoms with Crippen LogP contribution < -0.4 is 10.2 Å². The lowest BCUT2D eigenvalue weighted by Gasteiger charge is -2.04. The number of hydrogen-bond acceptors (Lipinski definition) is 5. The van der Waals surface area contributed by atoms with Gasteiger partial charge in [0.1, 0.15) is 5.75 Å². The summed E-state index contributed by atoms with van der Waals surface area (Å²) in [6.45, 7) is -0.195. The van der Waals surface area contributed by atoms with Crippen LogP contribution in [0.3, 0.4) is 0 Å². The minimum absolute atomic E-state index is 0.195. The SMILES string of the molecule is O=C(COc1ccc(Cl)cc1)N/N=C\c1ccc(O)c(O)c1. The van der Waals surface area contributed by atoms with Gasteiger partial charge in [0.25, 0.3) is 5.91 Å². The van der Waals surface area contributed by atoms with Gasteiger partial charge in [-0.2, -0.15) is 5.10 Å². The third-order valence-corrected chi connectivity index (χ3v) is 2.84. The van der Waals surface area contributed by atoms with Gasteiger partial charge in [-0.25, -0.2) is 5.43 Å². The van der Waals surface area contributed by atoms with Gasteiger partial charge in [-0.1, -0.05) is 11.6 Å². The number of phenols is 2. The van der Waals surface area contributed by atoms with E-state index in [1.54, 1.807) is 24.3 Å². The number of hydrogen-bond donors (Lipinski definition) is 3. The van der Waals surface area contributed by atoms with E-state index in [0.717, 1.165) is 0 Å². The zero-order chi connectivity index (χ0) is 15.9. The molecule has 2 rings (SSSR count). The Hall–Kier alpha value is -2.73. The molecule has 2 aromatic rings. The number of phenolic OH excluding ortho intramolecular Hbond substituents is 2. The van der Waals surface area contributed by atoms with E-state index >= 15 is 0 Å². The van der Waals surface area contributed by atoms with Crippen LogP contribution in [0.2, 0.25) is 5.02 Å². The van der Waals surface area contributed by atoms with E-state index in [2.05, 4.69) is 10.5 Å². The third-order valence-electron chi connectivity index (χ3n) is 2.59. The molecule has 0 radical (unpaired) electrons. The summed E-state index contributed by atoms with van der Waals surface area (Å²) in [7, 11) is 0. The summed E-state index contributed by atoms with van der Waals surface area (Å²) in [5.74, 6) is -0.403. The second kappa shape index (κ2) is 7.33. The van der Waals surface area contributed by atoms with Crippen LogP contribution in [-0.4, -0.2) is 28.9 Å². The minimum atomic E-state index is -0.436. The van der Waals surface area contributed by atoms with E-state index in [1.165, 1.54) is 24.4 Å². The van der Waals surface area contributed by atoms with Gasteiger partial charge in [0, 0.05) is 5.02 Å². The Balaban J connectivity index is 1.80. The van der Waals surface area contributed by atoms with E-state index in [0.29, 0.717) is 16.3 Å². The molecular weight excluding hydrogens is 308 g/mol. The molecule has 0 unspecified atom stereocenters. The molecule has 0 heterocycles. The molecule has 0 aliphatic carbocycles. The fourth-order valence-electron chi connectivity index (χ4n) is 1.51. The number of nitrogens with zero attached hydrogens (tertiary/aromatic N) is 1.